The van der Waals surface area contributed by atoms with Crippen molar-refractivity contribution in [3.63, 3.8) is 0 Å². The first kappa shape index (κ1) is 62.2. The second kappa shape index (κ2) is 25.4. The van der Waals surface area contributed by atoms with E-state index in [-0.39, 0.29) is 89.8 Å². The lowest BCUT2D eigenvalue weighted by molar-refractivity contribution is -0.146. The Labute approximate surface area is 538 Å². The molecule has 1 aliphatic heterocycles. The maximum atomic E-state index is 14.2. The van der Waals surface area contributed by atoms with Gasteiger partial charge in [0.1, 0.15) is 68.1 Å². The minimum Gasteiger partial charge on any atom is -0.466 e. The van der Waals surface area contributed by atoms with Crippen molar-refractivity contribution in [3.8, 4) is 34.6 Å². The summed E-state index contributed by atoms with van der Waals surface area (Å²) in [6.07, 6.45) is 12.3. The number of carbonyl (C=O) groups excluding carboxylic acids is 3. The van der Waals surface area contributed by atoms with E-state index in [1.807, 2.05) is 6.07 Å². The van der Waals surface area contributed by atoms with Crippen LogP contribution >= 0.6 is 23.2 Å². The van der Waals surface area contributed by atoms with Gasteiger partial charge in [0.2, 0.25) is 5.91 Å². The third kappa shape index (κ3) is 12.1. The average molecular weight is 1320 g/mol. The fraction of sp³-hybridized carbons (Fsp3) is 0.215. The number of carbonyl (C=O) groups is 3. The summed E-state index contributed by atoms with van der Waals surface area (Å²) in [6.45, 7) is 4.16. The van der Waals surface area contributed by atoms with E-state index < -0.39 is 51.7 Å². The van der Waals surface area contributed by atoms with Gasteiger partial charge in [-0.25, -0.2) is 85.2 Å². The zero-order valence-electron chi connectivity index (χ0n) is 49.5. The molecule has 29 heteroatoms. The summed E-state index contributed by atoms with van der Waals surface area (Å²) in [6, 6.07) is 20.8. The summed E-state index contributed by atoms with van der Waals surface area (Å²) in [5, 5.41) is 18.7. The summed E-state index contributed by atoms with van der Waals surface area (Å²) in [5.41, 5.74) is 4.13. The van der Waals surface area contributed by atoms with Crippen LogP contribution in [-0.4, -0.2) is 105 Å². The molecular formula is C65H48Cl2F6N16O5. The molecule has 10 heterocycles. The number of halogens is 8. The fourth-order valence-electron chi connectivity index (χ4n) is 11.0. The Kier molecular flexibility index (Phi) is 16.8. The molecular weight excluding hydrogens is 1270 g/mol. The van der Waals surface area contributed by atoms with Crippen molar-refractivity contribution < 1.29 is 50.2 Å². The minimum absolute atomic E-state index is 0.0345. The van der Waals surface area contributed by atoms with Gasteiger partial charge >= 0.3 is 11.9 Å². The molecule has 0 radical (unpaired) electrons. The van der Waals surface area contributed by atoms with Crippen molar-refractivity contribution in [2.45, 2.75) is 76.4 Å². The van der Waals surface area contributed by atoms with Crippen LogP contribution in [0.5, 0.6) is 0 Å². The SMILES string of the molecule is CCOC(=O)C1(c2cnc(-c3nn(Cc4ccc(F)cc4F)c4ncccc34)nc2Cl)CC1.CCOC(=O)Cc1cnc(-c2nn(Cc3ccc(F)cc3F)c3ncccc23)nc1Cl.O=C1Nc2nc(-c3nn(Cc4ccc(F)cc4F)c4ncccc34)ncc2C12CC2. The van der Waals surface area contributed by atoms with Crippen molar-refractivity contribution in [3.05, 3.63) is 207 Å². The molecule has 2 fully saturated rings. The van der Waals surface area contributed by atoms with Crippen LogP contribution in [-0.2, 0) is 60.7 Å². The fourth-order valence-corrected chi connectivity index (χ4v) is 11.5. The normalized spacial score (nSPS) is 13.9. The number of pyridine rings is 3. The van der Waals surface area contributed by atoms with Crippen LogP contribution in [0.2, 0.25) is 10.3 Å². The Hall–Kier alpha value is -10.7. The Morgan fingerprint density at radius 2 is 0.947 bits per heavy atom. The molecule has 474 valence electrons. The van der Waals surface area contributed by atoms with Gasteiger partial charge in [0.25, 0.3) is 0 Å². The minimum atomic E-state index is -0.797. The molecule has 2 saturated carbocycles. The van der Waals surface area contributed by atoms with Crippen LogP contribution < -0.4 is 5.32 Å². The van der Waals surface area contributed by atoms with Gasteiger partial charge in [0.05, 0.1) is 66.3 Å². The van der Waals surface area contributed by atoms with Crippen LogP contribution in [0.15, 0.2) is 128 Å². The molecule has 1 amide bonds. The molecule has 3 aromatic carbocycles. The maximum Gasteiger partial charge on any atom is 0.316 e. The summed E-state index contributed by atoms with van der Waals surface area (Å²) in [7, 11) is 0. The highest BCUT2D eigenvalue weighted by Crippen LogP contribution is 2.55. The molecule has 0 atom stereocenters. The Morgan fingerprint density at radius 1 is 0.521 bits per heavy atom. The molecule has 15 rings (SSSR count). The van der Waals surface area contributed by atoms with Gasteiger partial charge in [0.15, 0.2) is 34.4 Å². The molecule has 12 aromatic rings. The number of amides is 1. The Bertz CT molecular complexity index is 5010. The van der Waals surface area contributed by atoms with Crippen molar-refractivity contribution in [2.75, 3.05) is 18.5 Å². The number of rotatable bonds is 15. The number of nitrogens with zero attached hydrogens (tertiary/aromatic N) is 15. The predicted molar refractivity (Wildman–Crippen MR) is 329 cm³/mol. The number of anilines is 1. The predicted octanol–water partition coefficient (Wildman–Crippen LogP) is 11.6. The zero-order chi connectivity index (χ0) is 65.6. The molecule has 94 heavy (non-hydrogen) atoms. The van der Waals surface area contributed by atoms with E-state index in [9.17, 15) is 40.7 Å². The van der Waals surface area contributed by atoms with Gasteiger partial charge in [0, 0.05) is 88.8 Å². The number of hydrogen-bond acceptors (Lipinski definition) is 17. The molecule has 0 saturated heterocycles. The van der Waals surface area contributed by atoms with E-state index in [4.69, 9.17) is 32.7 Å². The van der Waals surface area contributed by atoms with Crippen LogP contribution in [0.1, 0.15) is 72.9 Å². The van der Waals surface area contributed by atoms with Crippen molar-refractivity contribution in [1.82, 2.24) is 74.2 Å². The van der Waals surface area contributed by atoms with Crippen LogP contribution in [0.3, 0.4) is 0 Å². The molecule has 9 aromatic heterocycles. The van der Waals surface area contributed by atoms with E-state index in [1.54, 1.807) is 73.6 Å². The summed E-state index contributed by atoms with van der Waals surface area (Å²) >= 11 is 12.7. The zero-order valence-corrected chi connectivity index (χ0v) is 51.0. The average Bonchev–Trinajstić information content (AvgIpc) is 1.56. The van der Waals surface area contributed by atoms with E-state index in [1.165, 1.54) is 58.2 Å². The highest BCUT2D eigenvalue weighted by molar-refractivity contribution is 6.31. The molecule has 2 aliphatic carbocycles. The number of aromatic nitrogens is 15. The second-order valence-corrected chi connectivity index (χ2v) is 22.7. The van der Waals surface area contributed by atoms with Gasteiger partial charge in [-0.3, -0.25) is 14.4 Å². The highest BCUT2D eigenvalue weighted by Gasteiger charge is 2.57. The summed E-state index contributed by atoms with van der Waals surface area (Å²) in [4.78, 5) is 75.8. The number of hydrogen-bond donors (Lipinski definition) is 1. The van der Waals surface area contributed by atoms with Gasteiger partial charge < -0.3 is 14.8 Å². The quantitative estimate of drug-likeness (QED) is 0.0569. The molecule has 0 unspecified atom stereocenters. The van der Waals surface area contributed by atoms with E-state index in [0.29, 0.717) is 85.8 Å². The lowest BCUT2D eigenvalue weighted by Gasteiger charge is -2.15. The van der Waals surface area contributed by atoms with Gasteiger partial charge in [-0.1, -0.05) is 41.4 Å². The molecule has 1 spiro atoms. The first-order valence-electron chi connectivity index (χ1n) is 29.3. The van der Waals surface area contributed by atoms with Crippen molar-refractivity contribution in [2.24, 2.45) is 0 Å². The Morgan fingerprint density at radius 3 is 1.35 bits per heavy atom. The van der Waals surface area contributed by atoms with E-state index >= 15 is 0 Å². The topological polar surface area (TPSA) is 251 Å². The van der Waals surface area contributed by atoms with Crippen molar-refractivity contribution >= 4 is 80.0 Å². The second-order valence-electron chi connectivity index (χ2n) is 22.0. The Balaban J connectivity index is 0.000000128. The lowest BCUT2D eigenvalue weighted by atomic mass is 9.99. The number of nitrogens with one attached hydrogen (secondary N) is 1. The maximum absolute atomic E-state index is 14.2. The molecule has 0 bridgehead atoms. The number of esters is 2. The largest absolute Gasteiger partial charge is 0.466 e. The molecule has 21 nitrogen and oxygen atoms in total. The van der Waals surface area contributed by atoms with Gasteiger partial charge in [-0.2, -0.15) is 15.3 Å². The third-order valence-corrected chi connectivity index (χ3v) is 16.6. The van der Waals surface area contributed by atoms with E-state index in [0.717, 1.165) is 36.6 Å². The van der Waals surface area contributed by atoms with Crippen molar-refractivity contribution in [1.29, 1.82) is 0 Å². The highest BCUT2D eigenvalue weighted by atomic mass is 35.5. The number of benzene rings is 3. The van der Waals surface area contributed by atoms with Crippen LogP contribution in [0, 0.1) is 34.9 Å². The van der Waals surface area contributed by atoms with Gasteiger partial charge in [-0.15, -0.1) is 0 Å². The first-order chi connectivity index (χ1) is 45.4. The van der Waals surface area contributed by atoms with Gasteiger partial charge in [-0.05, 0) is 94.1 Å². The summed E-state index contributed by atoms with van der Waals surface area (Å²) in [5.74, 6) is -3.40. The first-order valence-corrected chi connectivity index (χ1v) is 30.0. The third-order valence-electron chi connectivity index (χ3n) is 16.0. The smallest absolute Gasteiger partial charge is 0.316 e. The number of fused-ring (bicyclic) bond motifs is 5. The van der Waals surface area contributed by atoms with Crippen LogP contribution in [0.25, 0.3) is 67.7 Å². The standard InChI is InChI=1S/C23H18ClF2N5O2.C21H16ClF2N5O2.C21H14F2N6O/c1-2-33-22(32)23(7-8-23)16-11-28-20(29-19(16)24)18-15-4-3-9-27-21(15)31(30-18)12-13-5-6-14(25)10-17(13)26;1-2-31-17(30)8-13-10-26-20(27-19(13)22)18-15-4-3-7-25-21(15)29(28-18)11-12-5-6-14(23)9-16(12)24;22-12-4-3-11(15(23)8-12)10-29-19-13(2-1-7-24-19)16(28-29)18-25-9-14-17(26-18)27-20(30)21(14)5-6-21/h3-6,9-11H,2,7-8,12H2,1H3;3-7,9-10H,2,8,11H2,1H3;1-4,7-9H,5-6,10H2,(H,25,26,27,30). The molecule has 1 N–H and O–H groups in total. The summed E-state index contributed by atoms with van der Waals surface area (Å²) < 4.78 is 96.9. The van der Waals surface area contributed by atoms with E-state index in [2.05, 4.69) is 65.5 Å². The molecule has 3 aliphatic rings. The monoisotopic (exact) mass is 1320 g/mol. The van der Waals surface area contributed by atoms with Crippen LogP contribution in [0.4, 0.5) is 32.2 Å². The lowest BCUT2D eigenvalue weighted by Crippen LogP contribution is -2.24. The number of ether oxygens (including phenoxy) is 2.